The van der Waals surface area contributed by atoms with Gasteiger partial charge in [0, 0.05) is 23.8 Å². The summed E-state index contributed by atoms with van der Waals surface area (Å²) in [6, 6.07) is 1.85. The normalized spacial score (nSPS) is 23.0. The summed E-state index contributed by atoms with van der Waals surface area (Å²) in [4.78, 5) is 6.52. The van der Waals surface area contributed by atoms with Gasteiger partial charge >= 0.3 is 0 Å². The highest BCUT2D eigenvalue weighted by atomic mass is 79.9. The summed E-state index contributed by atoms with van der Waals surface area (Å²) in [7, 11) is 2.07. The van der Waals surface area contributed by atoms with Crippen molar-refractivity contribution in [3.05, 3.63) is 27.5 Å². The van der Waals surface area contributed by atoms with E-state index in [4.69, 9.17) is 16.3 Å². The lowest BCUT2D eigenvalue weighted by molar-refractivity contribution is -0.0230. The Balaban J connectivity index is 2.21. The van der Waals surface area contributed by atoms with Crippen LogP contribution in [0.15, 0.2) is 16.7 Å². The molecule has 2 heterocycles. The topological polar surface area (TPSA) is 25.4 Å². The molecule has 1 saturated heterocycles. The van der Waals surface area contributed by atoms with E-state index < -0.39 is 0 Å². The van der Waals surface area contributed by atoms with Crippen molar-refractivity contribution in [3.63, 3.8) is 0 Å². The van der Waals surface area contributed by atoms with E-state index in [1.165, 1.54) is 0 Å². The Hall–Kier alpha value is -0.160. The van der Waals surface area contributed by atoms with Gasteiger partial charge in [0.1, 0.15) is 6.10 Å². The molecule has 15 heavy (non-hydrogen) atoms. The van der Waals surface area contributed by atoms with Crippen molar-refractivity contribution in [1.82, 2.24) is 9.88 Å². The minimum atomic E-state index is -0.00986. The number of ether oxygens (including phenoxy) is 1. The summed E-state index contributed by atoms with van der Waals surface area (Å²) >= 11 is 9.45. The molecule has 1 aliphatic heterocycles. The molecule has 1 fully saturated rings. The predicted molar refractivity (Wildman–Crippen MR) is 63.1 cm³/mol. The number of morpholine rings is 1. The standard InChI is InChI=1S/C10H12BrClN2O/c1-14-2-3-15-9(6-14)10-8(12)4-7(11)5-13-10/h4-5,9H,2-3,6H2,1H3. The van der Waals surface area contributed by atoms with E-state index in [9.17, 15) is 0 Å². The number of halogens is 2. The third-order valence-electron chi connectivity index (χ3n) is 2.41. The number of hydrogen-bond acceptors (Lipinski definition) is 3. The Bertz CT molecular complexity index is 361. The fourth-order valence-electron chi connectivity index (χ4n) is 1.61. The molecule has 0 saturated carbocycles. The Morgan fingerprint density at radius 3 is 3.13 bits per heavy atom. The van der Waals surface area contributed by atoms with Gasteiger partial charge in [-0.05, 0) is 29.0 Å². The molecule has 0 aromatic carbocycles. The second kappa shape index (κ2) is 4.78. The van der Waals surface area contributed by atoms with Gasteiger partial charge in [-0.15, -0.1) is 0 Å². The van der Waals surface area contributed by atoms with Crippen LogP contribution in [0.3, 0.4) is 0 Å². The Morgan fingerprint density at radius 2 is 2.47 bits per heavy atom. The van der Waals surface area contributed by atoms with Gasteiger partial charge in [0.25, 0.3) is 0 Å². The first kappa shape index (κ1) is 11.3. The zero-order valence-corrected chi connectivity index (χ0v) is 10.8. The van der Waals surface area contributed by atoms with Crippen LogP contribution in [0.25, 0.3) is 0 Å². The molecule has 2 rings (SSSR count). The van der Waals surface area contributed by atoms with E-state index in [0.29, 0.717) is 5.02 Å². The Kier molecular flexibility index (Phi) is 3.61. The van der Waals surface area contributed by atoms with Gasteiger partial charge in [-0.3, -0.25) is 4.98 Å². The molecule has 0 aliphatic carbocycles. The molecule has 1 atom stereocenters. The van der Waals surface area contributed by atoms with Gasteiger partial charge < -0.3 is 9.64 Å². The number of aromatic nitrogens is 1. The Morgan fingerprint density at radius 1 is 1.67 bits per heavy atom. The highest BCUT2D eigenvalue weighted by Crippen LogP contribution is 2.28. The van der Waals surface area contributed by atoms with Crippen molar-refractivity contribution < 1.29 is 4.74 Å². The summed E-state index contributed by atoms with van der Waals surface area (Å²) in [5, 5.41) is 0.657. The molecule has 0 amide bonds. The molecule has 1 aromatic rings. The smallest absolute Gasteiger partial charge is 0.114 e. The van der Waals surface area contributed by atoms with E-state index in [1.807, 2.05) is 6.07 Å². The van der Waals surface area contributed by atoms with Crippen LogP contribution in [0.4, 0.5) is 0 Å². The summed E-state index contributed by atoms with van der Waals surface area (Å²) in [6.45, 7) is 2.54. The lowest BCUT2D eigenvalue weighted by Crippen LogP contribution is -2.35. The molecular weight excluding hydrogens is 279 g/mol. The largest absolute Gasteiger partial charge is 0.369 e. The Labute approximate surface area is 103 Å². The van der Waals surface area contributed by atoms with Crippen molar-refractivity contribution in [2.75, 3.05) is 26.7 Å². The third-order valence-corrected chi connectivity index (χ3v) is 3.15. The maximum absolute atomic E-state index is 6.12. The van der Waals surface area contributed by atoms with Gasteiger partial charge in [0.15, 0.2) is 0 Å². The van der Waals surface area contributed by atoms with Crippen LogP contribution in [0, 0.1) is 0 Å². The second-order valence-electron chi connectivity index (χ2n) is 3.64. The number of likely N-dealkylation sites (N-methyl/N-ethyl adjacent to an activating group) is 1. The zero-order chi connectivity index (χ0) is 10.8. The van der Waals surface area contributed by atoms with E-state index in [2.05, 4.69) is 32.9 Å². The third kappa shape index (κ3) is 2.69. The van der Waals surface area contributed by atoms with Crippen molar-refractivity contribution >= 4 is 27.5 Å². The molecule has 0 N–H and O–H groups in total. The average molecular weight is 292 g/mol. The van der Waals surface area contributed by atoms with Crippen LogP contribution in [0.5, 0.6) is 0 Å². The minimum Gasteiger partial charge on any atom is -0.369 e. The second-order valence-corrected chi connectivity index (χ2v) is 4.97. The minimum absolute atomic E-state index is 0.00986. The average Bonchev–Trinajstić information content (AvgIpc) is 2.17. The molecule has 0 spiro atoms. The molecule has 5 heteroatoms. The van der Waals surface area contributed by atoms with Crippen molar-refractivity contribution in [2.24, 2.45) is 0 Å². The molecule has 1 aromatic heterocycles. The maximum atomic E-state index is 6.12. The maximum Gasteiger partial charge on any atom is 0.114 e. The lowest BCUT2D eigenvalue weighted by atomic mass is 10.2. The quantitative estimate of drug-likeness (QED) is 0.795. The lowest BCUT2D eigenvalue weighted by Gasteiger charge is -2.30. The molecular formula is C10H12BrClN2O. The van der Waals surface area contributed by atoms with Crippen molar-refractivity contribution in [2.45, 2.75) is 6.10 Å². The summed E-state index contributed by atoms with van der Waals surface area (Å²) in [5.41, 5.74) is 0.825. The first-order chi connectivity index (χ1) is 7.16. The number of hydrogen-bond donors (Lipinski definition) is 0. The van der Waals surface area contributed by atoms with E-state index in [1.54, 1.807) is 6.20 Å². The highest BCUT2D eigenvalue weighted by molar-refractivity contribution is 9.10. The van der Waals surface area contributed by atoms with Crippen molar-refractivity contribution in [3.8, 4) is 0 Å². The molecule has 0 bridgehead atoms. The molecule has 3 nitrogen and oxygen atoms in total. The van der Waals surface area contributed by atoms with Crippen LogP contribution in [-0.2, 0) is 4.74 Å². The summed E-state index contributed by atoms with van der Waals surface area (Å²) < 4.78 is 6.54. The number of rotatable bonds is 1. The van der Waals surface area contributed by atoms with Crippen LogP contribution >= 0.6 is 27.5 Å². The van der Waals surface area contributed by atoms with Gasteiger partial charge in [-0.25, -0.2) is 0 Å². The molecule has 0 radical (unpaired) electrons. The van der Waals surface area contributed by atoms with Crippen LogP contribution in [0.1, 0.15) is 11.8 Å². The summed E-state index contributed by atoms with van der Waals surface area (Å²) in [6.07, 6.45) is 1.74. The first-order valence-corrected chi connectivity index (χ1v) is 5.95. The fraction of sp³-hybridized carbons (Fsp3) is 0.500. The van der Waals surface area contributed by atoms with Crippen LogP contribution in [0.2, 0.25) is 5.02 Å². The zero-order valence-electron chi connectivity index (χ0n) is 8.41. The highest BCUT2D eigenvalue weighted by Gasteiger charge is 2.22. The first-order valence-electron chi connectivity index (χ1n) is 4.78. The van der Waals surface area contributed by atoms with E-state index in [-0.39, 0.29) is 6.10 Å². The van der Waals surface area contributed by atoms with Crippen molar-refractivity contribution in [1.29, 1.82) is 0 Å². The summed E-state index contributed by atoms with van der Waals surface area (Å²) in [5.74, 6) is 0. The fourth-order valence-corrected chi connectivity index (χ4v) is 2.36. The monoisotopic (exact) mass is 290 g/mol. The van der Waals surface area contributed by atoms with Crippen LogP contribution in [-0.4, -0.2) is 36.6 Å². The molecule has 1 unspecified atom stereocenters. The van der Waals surface area contributed by atoms with Gasteiger partial charge in [0.05, 0.1) is 17.3 Å². The van der Waals surface area contributed by atoms with E-state index >= 15 is 0 Å². The predicted octanol–water partition coefficient (Wildman–Crippen LogP) is 2.50. The van der Waals surface area contributed by atoms with Crippen LogP contribution < -0.4 is 0 Å². The van der Waals surface area contributed by atoms with Gasteiger partial charge in [-0.2, -0.15) is 0 Å². The molecule has 1 aliphatic rings. The van der Waals surface area contributed by atoms with Gasteiger partial charge in [-0.1, -0.05) is 11.6 Å². The van der Waals surface area contributed by atoms with E-state index in [0.717, 1.165) is 29.9 Å². The molecule has 82 valence electrons. The number of pyridine rings is 1. The number of nitrogens with zero attached hydrogens (tertiary/aromatic N) is 2. The SMILES string of the molecule is CN1CCOC(c2ncc(Br)cc2Cl)C1. The van der Waals surface area contributed by atoms with Gasteiger partial charge in [0.2, 0.25) is 0 Å².